The van der Waals surface area contributed by atoms with Crippen LogP contribution in [-0.2, 0) is 11.3 Å². The van der Waals surface area contributed by atoms with Gasteiger partial charge in [-0.2, -0.15) is 0 Å². The molecule has 0 atom stereocenters. The summed E-state index contributed by atoms with van der Waals surface area (Å²) in [4.78, 5) is 19.8. The summed E-state index contributed by atoms with van der Waals surface area (Å²) in [7, 11) is 1.95. The molecule has 1 amide bonds. The number of hydrogen-bond donors (Lipinski definition) is 0. The van der Waals surface area contributed by atoms with Crippen molar-refractivity contribution < 1.29 is 4.79 Å². The van der Waals surface area contributed by atoms with E-state index in [0.29, 0.717) is 6.54 Å². The fraction of sp³-hybridized carbons (Fsp3) is 0.538. The maximum absolute atomic E-state index is 11.9. The molecular formula is C13H21N3O. The molecule has 0 aliphatic carbocycles. The number of carbonyl (C=O) groups excluding carboxylic acids is 1. The van der Waals surface area contributed by atoms with Crippen molar-refractivity contribution in [2.24, 2.45) is 0 Å². The van der Waals surface area contributed by atoms with Gasteiger partial charge in [-0.3, -0.25) is 14.7 Å². The second-order valence-corrected chi connectivity index (χ2v) is 4.10. The van der Waals surface area contributed by atoms with E-state index in [-0.39, 0.29) is 5.91 Å². The SMILES string of the molecule is CCN(CC)C(=O)CN(C)Cc1cccnc1. The van der Waals surface area contributed by atoms with Gasteiger partial charge in [0.25, 0.3) is 0 Å². The molecule has 0 saturated carbocycles. The quantitative estimate of drug-likeness (QED) is 0.747. The van der Waals surface area contributed by atoms with Gasteiger partial charge in [0, 0.05) is 32.0 Å². The van der Waals surface area contributed by atoms with Gasteiger partial charge in [0.2, 0.25) is 5.91 Å². The maximum atomic E-state index is 11.9. The van der Waals surface area contributed by atoms with E-state index in [2.05, 4.69) is 4.98 Å². The van der Waals surface area contributed by atoms with E-state index in [1.165, 1.54) is 0 Å². The number of amides is 1. The van der Waals surface area contributed by atoms with Crippen LogP contribution in [0.15, 0.2) is 24.5 Å². The Morgan fingerprint density at radius 3 is 2.59 bits per heavy atom. The van der Waals surface area contributed by atoms with Crippen molar-refractivity contribution >= 4 is 5.91 Å². The Morgan fingerprint density at radius 2 is 2.06 bits per heavy atom. The fourth-order valence-corrected chi connectivity index (χ4v) is 1.77. The largest absolute Gasteiger partial charge is 0.342 e. The first-order valence-corrected chi connectivity index (χ1v) is 6.02. The number of aromatic nitrogens is 1. The van der Waals surface area contributed by atoms with Gasteiger partial charge in [-0.25, -0.2) is 0 Å². The molecule has 17 heavy (non-hydrogen) atoms. The molecule has 1 rings (SSSR count). The summed E-state index contributed by atoms with van der Waals surface area (Å²) in [5, 5.41) is 0. The number of nitrogens with zero attached hydrogens (tertiary/aromatic N) is 3. The zero-order chi connectivity index (χ0) is 12.7. The second kappa shape index (κ2) is 7.01. The molecule has 4 heteroatoms. The van der Waals surface area contributed by atoms with Crippen LogP contribution in [-0.4, -0.2) is 47.4 Å². The van der Waals surface area contributed by atoms with E-state index in [4.69, 9.17) is 0 Å². The van der Waals surface area contributed by atoms with Crippen molar-refractivity contribution in [3.8, 4) is 0 Å². The first-order valence-electron chi connectivity index (χ1n) is 6.02. The molecule has 0 aromatic carbocycles. The lowest BCUT2D eigenvalue weighted by Crippen LogP contribution is -2.38. The summed E-state index contributed by atoms with van der Waals surface area (Å²) in [6.07, 6.45) is 3.59. The van der Waals surface area contributed by atoms with E-state index in [1.54, 1.807) is 6.20 Å². The Balaban J connectivity index is 2.44. The van der Waals surface area contributed by atoms with E-state index in [9.17, 15) is 4.79 Å². The molecule has 0 N–H and O–H groups in total. The first-order chi connectivity index (χ1) is 8.17. The van der Waals surface area contributed by atoms with Crippen molar-refractivity contribution in [1.82, 2.24) is 14.8 Å². The number of rotatable bonds is 6. The predicted octanol–water partition coefficient (Wildman–Crippen LogP) is 1.38. The highest BCUT2D eigenvalue weighted by Crippen LogP contribution is 2.01. The molecule has 0 bridgehead atoms. The van der Waals surface area contributed by atoms with Gasteiger partial charge in [-0.1, -0.05) is 6.07 Å². The summed E-state index contributed by atoms with van der Waals surface area (Å²) in [6, 6.07) is 3.93. The molecule has 0 unspecified atom stereocenters. The minimum atomic E-state index is 0.182. The predicted molar refractivity (Wildman–Crippen MR) is 68.5 cm³/mol. The molecule has 1 heterocycles. The molecule has 1 aromatic rings. The van der Waals surface area contributed by atoms with Crippen molar-refractivity contribution in [2.75, 3.05) is 26.7 Å². The number of carbonyl (C=O) groups is 1. The Hall–Kier alpha value is -1.42. The van der Waals surface area contributed by atoms with E-state index in [1.807, 2.05) is 49.0 Å². The lowest BCUT2D eigenvalue weighted by Gasteiger charge is -2.22. The highest BCUT2D eigenvalue weighted by molar-refractivity contribution is 5.78. The summed E-state index contributed by atoms with van der Waals surface area (Å²) < 4.78 is 0. The highest BCUT2D eigenvalue weighted by atomic mass is 16.2. The molecule has 0 aliphatic rings. The molecule has 0 fully saturated rings. The van der Waals surface area contributed by atoms with Crippen LogP contribution in [0.3, 0.4) is 0 Å². The lowest BCUT2D eigenvalue weighted by molar-refractivity contribution is -0.131. The molecule has 94 valence electrons. The Labute approximate surface area is 103 Å². The number of likely N-dealkylation sites (N-methyl/N-ethyl adjacent to an activating group) is 2. The van der Waals surface area contributed by atoms with Gasteiger partial charge in [-0.15, -0.1) is 0 Å². The Kier molecular flexibility index (Phi) is 5.63. The molecular weight excluding hydrogens is 214 g/mol. The van der Waals surface area contributed by atoms with Crippen LogP contribution in [0.2, 0.25) is 0 Å². The average molecular weight is 235 g/mol. The third-order valence-corrected chi connectivity index (χ3v) is 2.70. The van der Waals surface area contributed by atoms with Gasteiger partial charge < -0.3 is 4.90 Å². The maximum Gasteiger partial charge on any atom is 0.236 e. The highest BCUT2D eigenvalue weighted by Gasteiger charge is 2.12. The minimum Gasteiger partial charge on any atom is -0.342 e. The third-order valence-electron chi connectivity index (χ3n) is 2.70. The lowest BCUT2D eigenvalue weighted by atomic mass is 10.2. The van der Waals surface area contributed by atoms with Crippen LogP contribution in [0.5, 0.6) is 0 Å². The van der Waals surface area contributed by atoms with Crippen molar-refractivity contribution in [1.29, 1.82) is 0 Å². The van der Waals surface area contributed by atoms with Gasteiger partial charge in [0.05, 0.1) is 6.54 Å². The standard InChI is InChI=1S/C13H21N3O/c1-4-16(5-2)13(17)11-15(3)10-12-7-6-8-14-9-12/h6-9H,4-5,10-11H2,1-3H3. The second-order valence-electron chi connectivity index (χ2n) is 4.10. The van der Waals surface area contributed by atoms with Gasteiger partial charge in [0.1, 0.15) is 0 Å². The van der Waals surface area contributed by atoms with Gasteiger partial charge >= 0.3 is 0 Å². The summed E-state index contributed by atoms with van der Waals surface area (Å²) in [6.45, 7) is 6.76. The van der Waals surface area contributed by atoms with Crippen molar-refractivity contribution in [3.05, 3.63) is 30.1 Å². The van der Waals surface area contributed by atoms with E-state index < -0.39 is 0 Å². The molecule has 0 spiro atoms. The van der Waals surface area contributed by atoms with Crippen LogP contribution in [0.4, 0.5) is 0 Å². The van der Waals surface area contributed by atoms with Crippen LogP contribution < -0.4 is 0 Å². The van der Waals surface area contributed by atoms with E-state index >= 15 is 0 Å². The molecule has 1 aromatic heterocycles. The normalized spacial score (nSPS) is 10.6. The van der Waals surface area contributed by atoms with Crippen LogP contribution in [0.25, 0.3) is 0 Å². The Bertz CT molecular complexity index is 336. The molecule has 4 nitrogen and oxygen atoms in total. The summed E-state index contributed by atoms with van der Waals surface area (Å²) >= 11 is 0. The van der Waals surface area contributed by atoms with Crippen LogP contribution >= 0.6 is 0 Å². The molecule has 0 aliphatic heterocycles. The van der Waals surface area contributed by atoms with Crippen molar-refractivity contribution in [2.45, 2.75) is 20.4 Å². The zero-order valence-corrected chi connectivity index (χ0v) is 10.9. The monoisotopic (exact) mass is 235 g/mol. The Morgan fingerprint density at radius 1 is 1.35 bits per heavy atom. The summed E-state index contributed by atoms with van der Waals surface area (Å²) in [5.41, 5.74) is 1.13. The zero-order valence-electron chi connectivity index (χ0n) is 10.9. The topological polar surface area (TPSA) is 36.4 Å². The van der Waals surface area contributed by atoms with Crippen molar-refractivity contribution in [3.63, 3.8) is 0 Å². The number of hydrogen-bond acceptors (Lipinski definition) is 3. The fourth-order valence-electron chi connectivity index (χ4n) is 1.77. The van der Waals surface area contributed by atoms with E-state index in [0.717, 1.165) is 25.2 Å². The first kappa shape index (κ1) is 13.6. The summed E-state index contributed by atoms with van der Waals surface area (Å²) in [5.74, 6) is 0.182. The van der Waals surface area contributed by atoms with Gasteiger partial charge in [0.15, 0.2) is 0 Å². The van der Waals surface area contributed by atoms with Crippen LogP contribution in [0, 0.1) is 0 Å². The third kappa shape index (κ3) is 4.53. The average Bonchev–Trinajstić information content (AvgIpc) is 2.31. The number of pyridine rings is 1. The van der Waals surface area contributed by atoms with Gasteiger partial charge in [-0.05, 0) is 32.5 Å². The smallest absolute Gasteiger partial charge is 0.236 e. The molecule has 0 radical (unpaired) electrons. The van der Waals surface area contributed by atoms with Crippen LogP contribution in [0.1, 0.15) is 19.4 Å². The minimum absolute atomic E-state index is 0.182. The molecule has 0 saturated heterocycles.